The molecular formula is C28H22FN5O3. The summed E-state index contributed by atoms with van der Waals surface area (Å²) in [5.74, 6) is -0.433. The first kappa shape index (κ1) is 23.7. The van der Waals surface area contributed by atoms with Gasteiger partial charge in [-0.2, -0.15) is 5.10 Å². The van der Waals surface area contributed by atoms with Gasteiger partial charge in [0.15, 0.2) is 5.65 Å². The van der Waals surface area contributed by atoms with Gasteiger partial charge in [0.1, 0.15) is 41.7 Å². The molecule has 184 valence electrons. The van der Waals surface area contributed by atoms with Gasteiger partial charge in [-0.3, -0.25) is 4.79 Å². The highest BCUT2D eigenvalue weighted by Crippen LogP contribution is 2.34. The van der Waals surface area contributed by atoms with Gasteiger partial charge in [0.25, 0.3) is 6.47 Å². The number of hydrogen-bond acceptors (Lipinski definition) is 7. The lowest BCUT2D eigenvalue weighted by atomic mass is 9.93. The highest BCUT2D eigenvalue weighted by molar-refractivity contribution is 5.98. The fourth-order valence-electron chi connectivity index (χ4n) is 4.35. The van der Waals surface area contributed by atoms with E-state index in [9.17, 15) is 14.3 Å². The molecule has 0 spiro atoms. The van der Waals surface area contributed by atoms with E-state index in [1.165, 1.54) is 23.1 Å². The van der Waals surface area contributed by atoms with Gasteiger partial charge in [0, 0.05) is 17.2 Å². The first-order chi connectivity index (χ1) is 18.0. The number of ether oxygens (including phenoxy) is 1. The third-order valence-corrected chi connectivity index (χ3v) is 5.95. The van der Waals surface area contributed by atoms with Crippen molar-refractivity contribution in [2.45, 2.75) is 13.5 Å². The third-order valence-electron chi connectivity index (χ3n) is 5.95. The van der Waals surface area contributed by atoms with E-state index in [1.807, 2.05) is 61.5 Å². The lowest BCUT2D eigenvalue weighted by molar-refractivity contribution is -0.125. The van der Waals surface area contributed by atoms with Gasteiger partial charge >= 0.3 is 0 Å². The average Bonchev–Trinajstić information content (AvgIpc) is 3.25. The van der Waals surface area contributed by atoms with Crippen molar-refractivity contribution in [1.82, 2.24) is 19.7 Å². The second-order valence-corrected chi connectivity index (χ2v) is 8.36. The molecule has 0 saturated heterocycles. The maximum Gasteiger partial charge on any atom is 0.298 e. The maximum atomic E-state index is 14.1. The van der Waals surface area contributed by atoms with E-state index in [-0.39, 0.29) is 23.8 Å². The topological polar surface area (TPSA) is 116 Å². The van der Waals surface area contributed by atoms with Crippen LogP contribution in [0.5, 0.6) is 5.75 Å². The Morgan fingerprint density at radius 2 is 1.84 bits per heavy atom. The van der Waals surface area contributed by atoms with Gasteiger partial charge < -0.3 is 15.6 Å². The van der Waals surface area contributed by atoms with E-state index in [2.05, 4.69) is 15.1 Å². The number of carbonyl (C=O) groups excluding carboxylic acids is 1. The molecule has 37 heavy (non-hydrogen) atoms. The Morgan fingerprint density at radius 1 is 1.08 bits per heavy atom. The van der Waals surface area contributed by atoms with E-state index < -0.39 is 5.82 Å². The molecule has 5 aromatic rings. The predicted molar refractivity (Wildman–Crippen MR) is 138 cm³/mol. The standard InChI is InChI=1S/C28H22FN5O3/c1-17-7-5-6-10-22(17)24(18-8-3-2-4-9-18)23(37-16-35)14-34-28-25(27(30)31-15-32-28)26(33-34)19-11-20(29)13-21(36)12-19/h2-13,15-16,36H,14H2,1H3,(H2,30,31,32)/b24-23-. The average molecular weight is 496 g/mol. The van der Waals surface area contributed by atoms with E-state index in [0.717, 1.165) is 22.8 Å². The molecule has 2 heterocycles. The van der Waals surface area contributed by atoms with Crippen LogP contribution in [0.25, 0.3) is 27.9 Å². The number of aromatic nitrogens is 4. The summed E-state index contributed by atoms with van der Waals surface area (Å²) in [6, 6.07) is 20.9. The SMILES string of the molecule is Cc1ccccc1/C(=C(/Cn1nc(-c2cc(O)cc(F)c2)c2c(N)ncnc21)OC=O)c1ccccc1. The van der Waals surface area contributed by atoms with Crippen molar-refractivity contribution >= 4 is 28.9 Å². The number of hydrogen-bond donors (Lipinski definition) is 2. The van der Waals surface area contributed by atoms with Crippen molar-refractivity contribution in [2.24, 2.45) is 0 Å². The maximum absolute atomic E-state index is 14.1. The minimum Gasteiger partial charge on any atom is -0.508 e. The molecule has 0 radical (unpaired) electrons. The van der Waals surface area contributed by atoms with E-state index in [4.69, 9.17) is 10.5 Å². The van der Waals surface area contributed by atoms with E-state index in [1.54, 1.807) is 0 Å². The summed E-state index contributed by atoms with van der Waals surface area (Å²) < 4.78 is 21.2. The number of nitrogen functional groups attached to an aromatic ring is 1. The third kappa shape index (κ3) is 4.62. The van der Waals surface area contributed by atoms with Crippen molar-refractivity contribution in [3.8, 4) is 17.0 Å². The molecule has 0 bridgehead atoms. The summed E-state index contributed by atoms with van der Waals surface area (Å²) in [5.41, 5.74) is 10.5. The number of anilines is 1. The Kier molecular flexibility index (Phi) is 6.34. The fourth-order valence-corrected chi connectivity index (χ4v) is 4.35. The summed E-state index contributed by atoms with van der Waals surface area (Å²) in [4.78, 5) is 20.1. The number of allylic oxidation sites excluding steroid dienone is 1. The smallest absolute Gasteiger partial charge is 0.298 e. The molecule has 0 amide bonds. The number of carbonyl (C=O) groups is 1. The number of halogens is 1. The lowest BCUT2D eigenvalue weighted by Gasteiger charge is -2.17. The molecule has 8 nitrogen and oxygen atoms in total. The first-order valence-corrected chi connectivity index (χ1v) is 11.4. The zero-order chi connectivity index (χ0) is 25.9. The van der Waals surface area contributed by atoms with Crippen LogP contribution < -0.4 is 5.73 Å². The van der Waals surface area contributed by atoms with Crippen LogP contribution in [-0.2, 0) is 16.1 Å². The second kappa shape index (κ2) is 9.90. The molecule has 3 N–H and O–H groups in total. The Morgan fingerprint density at radius 3 is 2.57 bits per heavy atom. The van der Waals surface area contributed by atoms with Gasteiger partial charge in [-0.1, -0.05) is 54.6 Å². The van der Waals surface area contributed by atoms with Crippen LogP contribution in [0.4, 0.5) is 10.2 Å². The van der Waals surface area contributed by atoms with Crippen LogP contribution in [0, 0.1) is 12.7 Å². The summed E-state index contributed by atoms with van der Waals surface area (Å²) in [7, 11) is 0. The summed E-state index contributed by atoms with van der Waals surface area (Å²) in [6.07, 6.45) is 1.30. The molecule has 2 aromatic heterocycles. The number of aryl methyl sites for hydroxylation is 1. The molecule has 9 heteroatoms. The van der Waals surface area contributed by atoms with Crippen LogP contribution >= 0.6 is 0 Å². The predicted octanol–water partition coefficient (Wildman–Crippen LogP) is 4.86. The second-order valence-electron chi connectivity index (χ2n) is 8.36. The van der Waals surface area contributed by atoms with Crippen molar-refractivity contribution in [3.63, 3.8) is 0 Å². The Bertz CT molecular complexity index is 1630. The highest BCUT2D eigenvalue weighted by atomic mass is 19.1. The summed E-state index contributed by atoms with van der Waals surface area (Å²) >= 11 is 0. The molecule has 0 aliphatic rings. The van der Waals surface area contributed by atoms with Gasteiger partial charge in [-0.25, -0.2) is 19.0 Å². The van der Waals surface area contributed by atoms with Crippen molar-refractivity contribution in [3.05, 3.63) is 107 Å². The number of phenolic OH excluding ortho intramolecular Hbond substituents is 1. The number of nitrogens with zero attached hydrogens (tertiary/aromatic N) is 4. The molecule has 0 aliphatic heterocycles. The number of aromatic hydroxyl groups is 1. The van der Waals surface area contributed by atoms with Crippen molar-refractivity contribution in [1.29, 1.82) is 0 Å². The van der Waals surface area contributed by atoms with Crippen LogP contribution in [0.1, 0.15) is 16.7 Å². The van der Waals surface area contributed by atoms with E-state index >= 15 is 0 Å². The van der Waals surface area contributed by atoms with Gasteiger partial charge in [-0.05, 0) is 35.7 Å². The minimum atomic E-state index is -0.635. The zero-order valence-electron chi connectivity index (χ0n) is 19.8. The Labute approximate surface area is 211 Å². The normalized spacial score (nSPS) is 11.8. The van der Waals surface area contributed by atoms with Crippen molar-refractivity contribution < 1.29 is 19.0 Å². The molecular weight excluding hydrogens is 473 g/mol. The largest absolute Gasteiger partial charge is 0.508 e. The highest BCUT2D eigenvalue weighted by Gasteiger charge is 2.22. The van der Waals surface area contributed by atoms with Gasteiger partial charge in [0.05, 0.1) is 5.39 Å². The number of phenols is 1. The van der Waals surface area contributed by atoms with Gasteiger partial charge in [-0.15, -0.1) is 0 Å². The fraction of sp³-hybridized carbons (Fsp3) is 0.0714. The molecule has 0 unspecified atom stereocenters. The van der Waals surface area contributed by atoms with Crippen LogP contribution in [0.2, 0.25) is 0 Å². The van der Waals surface area contributed by atoms with E-state index in [0.29, 0.717) is 34.4 Å². The molecule has 0 aliphatic carbocycles. The monoisotopic (exact) mass is 495 g/mol. The Balaban J connectivity index is 1.75. The van der Waals surface area contributed by atoms with Gasteiger partial charge in [0.2, 0.25) is 0 Å². The number of benzene rings is 3. The number of rotatable bonds is 7. The lowest BCUT2D eigenvalue weighted by Crippen LogP contribution is -2.10. The minimum absolute atomic E-state index is 0.00551. The van der Waals surface area contributed by atoms with Crippen molar-refractivity contribution in [2.75, 3.05) is 5.73 Å². The summed E-state index contributed by atoms with van der Waals surface area (Å²) in [6.45, 7) is 2.35. The zero-order valence-corrected chi connectivity index (χ0v) is 19.8. The molecule has 5 rings (SSSR count). The first-order valence-electron chi connectivity index (χ1n) is 11.4. The van der Waals surface area contributed by atoms with Crippen LogP contribution in [0.15, 0.2) is 84.9 Å². The molecule has 0 fully saturated rings. The molecule has 3 aromatic carbocycles. The number of nitrogens with two attached hydrogens (primary N) is 1. The Hall–Kier alpha value is -5.05. The molecule has 0 saturated carbocycles. The van der Waals surface area contributed by atoms with Crippen LogP contribution in [-0.4, -0.2) is 31.3 Å². The molecule has 0 atom stereocenters. The van der Waals surface area contributed by atoms with Crippen LogP contribution in [0.3, 0.4) is 0 Å². The number of fused-ring (bicyclic) bond motifs is 1. The quantitative estimate of drug-likeness (QED) is 0.245. The summed E-state index contributed by atoms with van der Waals surface area (Å²) in [5, 5.41) is 15.0.